The molecule has 1 atom stereocenters. The summed E-state index contributed by atoms with van der Waals surface area (Å²) in [7, 11) is 0. The molecule has 0 aliphatic carbocycles. The van der Waals surface area contributed by atoms with Crippen LogP contribution < -0.4 is 10.6 Å². The second-order valence-electron chi connectivity index (χ2n) is 10.8. The molecule has 3 aromatic carbocycles. The standard InChI is InChI=1S/C34H35N3O8/c1-5-21-7-12-24(13-8-21)35-28(38)18-44-33(42)23-11-16-26-27(17-23)32(41)37(31(26)40)30(20(3)4)34(43)45-19-29(39)36-25-14-9-22(6-2)10-15-25/h7-17,20,30H,5-6,18-19H2,1-4H3,(H,35,38)(H,36,39). The zero-order valence-electron chi connectivity index (χ0n) is 25.5. The highest BCUT2D eigenvalue weighted by molar-refractivity contribution is 6.23. The Morgan fingerprint density at radius 2 is 1.18 bits per heavy atom. The van der Waals surface area contributed by atoms with E-state index in [9.17, 15) is 28.8 Å². The Kier molecular flexibility index (Phi) is 10.5. The largest absolute Gasteiger partial charge is 0.454 e. The summed E-state index contributed by atoms with van der Waals surface area (Å²) in [6.45, 7) is 6.11. The Balaban J connectivity index is 1.37. The van der Waals surface area contributed by atoms with Gasteiger partial charge in [0.2, 0.25) is 0 Å². The van der Waals surface area contributed by atoms with Crippen molar-refractivity contribution in [1.82, 2.24) is 4.90 Å². The molecule has 45 heavy (non-hydrogen) atoms. The molecule has 0 radical (unpaired) electrons. The number of carbonyl (C=O) groups is 6. The van der Waals surface area contributed by atoms with Crippen molar-refractivity contribution in [3.8, 4) is 0 Å². The number of aryl methyl sites for hydroxylation is 2. The van der Waals surface area contributed by atoms with E-state index in [0.29, 0.717) is 11.4 Å². The molecule has 0 bridgehead atoms. The molecule has 0 saturated heterocycles. The number of ether oxygens (including phenoxy) is 2. The molecule has 1 aliphatic rings. The smallest absolute Gasteiger partial charge is 0.338 e. The number of rotatable bonds is 12. The number of imide groups is 1. The van der Waals surface area contributed by atoms with Gasteiger partial charge in [-0.1, -0.05) is 52.0 Å². The van der Waals surface area contributed by atoms with E-state index in [-0.39, 0.29) is 16.7 Å². The maximum absolute atomic E-state index is 13.4. The van der Waals surface area contributed by atoms with E-state index in [4.69, 9.17) is 9.47 Å². The zero-order valence-corrected chi connectivity index (χ0v) is 25.5. The van der Waals surface area contributed by atoms with Gasteiger partial charge in [-0.3, -0.25) is 24.1 Å². The van der Waals surface area contributed by atoms with Gasteiger partial charge >= 0.3 is 11.9 Å². The molecule has 1 heterocycles. The summed E-state index contributed by atoms with van der Waals surface area (Å²) < 4.78 is 10.3. The van der Waals surface area contributed by atoms with Crippen molar-refractivity contribution in [3.05, 3.63) is 94.5 Å². The molecule has 0 saturated carbocycles. The van der Waals surface area contributed by atoms with Crippen LogP contribution >= 0.6 is 0 Å². The molecule has 0 aromatic heterocycles. The molecule has 1 unspecified atom stereocenters. The van der Waals surface area contributed by atoms with Crippen molar-refractivity contribution >= 4 is 46.9 Å². The van der Waals surface area contributed by atoms with Crippen LogP contribution in [0.25, 0.3) is 0 Å². The predicted molar refractivity (Wildman–Crippen MR) is 166 cm³/mol. The topological polar surface area (TPSA) is 148 Å². The van der Waals surface area contributed by atoms with Gasteiger partial charge in [0.15, 0.2) is 13.2 Å². The third-order valence-corrected chi connectivity index (χ3v) is 7.28. The van der Waals surface area contributed by atoms with Gasteiger partial charge in [-0.25, -0.2) is 9.59 Å². The molecule has 4 rings (SSSR count). The van der Waals surface area contributed by atoms with Crippen LogP contribution in [0.2, 0.25) is 0 Å². The molecule has 11 nitrogen and oxygen atoms in total. The Morgan fingerprint density at radius 1 is 0.689 bits per heavy atom. The van der Waals surface area contributed by atoms with Crippen LogP contribution in [-0.2, 0) is 36.7 Å². The molecule has 2 N–H and O–H groups in total. The van der Waals surface area contributed by atoms with Gasteiger partial charge in [-0.2, -0.15) is 0 Å². The quantitative estimate of drug-likeness (QED) is 0.226. The maximum Gasteiger partial charge on any atom is 0.338 e. The number of nitrogens with zero attached hydrogens (tertiary/aromatic N) is 1. The third-order valence-electron chi connectivity index (χ3n) is 7.28. The summed E-state index contributed by atoms with van der Waals surface area (Å²) in [5, 5.41) is 5.27. The second-order valence-corrected chi connectivity index (χ2v) is 10.8. The molecule has 1 aliphatic heterocycles. The van der Waals surface area contributed by atoms with Crippen molar-refractivity contribution < 1.29 is 38.2 Å². The molecule has 234 valence electrons. The van der Waals surface area contributed by atoms with Crippen molar-refractivity contribution in [2.24, 2.45) is 5.92 Å². The molecule has 0 spiro atoms. The van der Waals surface area contributed by atoms with Crippen molar-refractivity contribution in [2.75, 3.05) is 23.8 Å². The number of nitrogens with one attached hydrogen (secondary N) is 2. The molecule has 11 heteroatoms. The first-order chi connectivity index (χ1) is 21.5. The highest BCUT2D eigenvalue weighted by atomic mass is 16.5. The highest BCUT2D eigenvalue weighted by Crippen LogP contribution is 2.29. The number of hydrogen-bond acceptors (Lipinski definition) is 8. The summed E-state index contributed by atoms with van der Waals surface area (Å²) in [4.78, 5) is 77.9. The minimum atomic E-state index is -1.32. The number of benzene rings is 3. The molecular weight excluding hydrogens is 578 g/mol. The van der Waals surface area contributed by atoms with E-state index < -0.39 is 60.7 Å². The average Bonchev–Trinajstić information content (AvgIpc) is 3.28. The van der Waals surface area contributed by atoms with E-state index in [2.05, 4.69) is 10.6 Å². The summed E-state index contributed by atoms with van der Waals surface area (Å²) in [5.74, 6) is -5.01. The van der Waals surface area contributed by atoms with Crippen LogP contribution in [0.3, 0.4) is 0 Å². The molecule has 3 aromatic rings. The van der Waals surface area contributed by atoms with E-state index in [1.807, 2.05) is 38.1 Å². The van der Waals surface area contributed by atoms with Crippen molar-refractivity contribution in [1.29, 1.82) is 0 Å². The van der Waals surface area contributed by atoms with Crippen molar-refractivity contribution in [3.63, 3.8) is 0 Å². The Hall–Kier alpha value is -5.32. The van der Waals surface area contributed by atoms with Gasteiger partial charge in [0.25, 0.3) is 23.6 Å². The SMILES string of the molecule is CCc1ccc(NC(=O)COC(=O)c2ccc3c(c2)C(=O)N(C(C(=O)OCC(=O)Nc2ccc(CC)cc2)C(C)C)C3=O)cc1. The number of anilines is 2. The van der Waals surface area contributed by atoms with Crippen molar-refractivity contribution in [2.45, 2.75) is 46.6 Å². The number of fused-ring (bicyclic) bond motifs is 1. The Morgan fingerprint density at radius 3 is 1.67 bits per heavy atom. The fourth-order valence-corrected chi connectivity index (χ4v) is 4.79. The first-order valence-electron chi connectivity index (χ1n) is 14.7. The number of amides is 4. The van der Waals surface area contributed by atoms with Gasteiger partial charge in [0, 0.05) is 11.4 Å². The lowest BCUT2D eigenvalue weighted by Gasteiger charge is -2.27. The van der Waals surface area contributed by atoms with Gasteiger partial charge in [0.05, 0.1) is 16.7 Å². The van der Waals surface area contributed by atoms with Gasteiger partial charge in [0.1, 0.15) is 6.04 Å². The van der Waals surface area contributed by atoms with Gasteiger partial charge in [-0.15, -0.1) is 0 Å². The first kappa shape index (κ1) is 32.6. The lowest BCUT2D eigenvalue weighted by Crippen LogP contribution is -2.49. The van der Waals surface area contributed by atoms with Crippen LogP contribution in [0.15, 0.2) is 66.7 Å². The fourth-order valence-electron chi connectivity index (χ4n) is 4.79. The minimum absolute atomic E-state index is 0.00321. The van der Waals surface area contributed by atoms with Crippen LogP contribution in [-0.4, -0.2) is 59.7 Å². The normalized spacial score (nSPS) is 12.9. The monoisotopic (exact) mass is 613 g/mol. The van der Waals surface area contributed by atoms with Gasteiger partial charge in [-0.05, 0) is 72.4 Å². The average molecular weight is 614 g/mol. The van der Waals surface area contributed by atoms with Crippen LogP contribution in [0, 0.1) is 5.92 Å². The third kappa shape index (κ3) is 7.80. The Labute approximate surface area is 260 Å². The van der Waals surface area contributed by atoms with E-state index in [1.54, 1.807) is 38.1 Å². The number of esters is 2. The van der Waals surface area contributed by atoms with Crippen LogP contribution in [0.1, 0.15) is 69.9 Å². The van der Waals surface area contributed by atoms with E-state index in [0.717, 1.165) is 28.9 Å². The van der Waals surface area contributed by atoms with E-state index >= 15 is 0 Å². The predicted octanol–water partition coefficient (Wildman–Crippen LogP) is 4.41. The summed E-state index contributed by atoms with van der Waals surface area (Å²) in [6.07, 6.45) is 1.70. The second kappa shape index (κ2) is 14.4. The van der Waals surface area contributed by atoms with Gasteiger partial charge < -0.3 is 20.1 Å². The molecule has 0 fully saturated rings. The highest BCUT2D eigenvalue weighted by Gasteiger charge is 2.45. The lowest BCUT2D eigenvalue weighted by atomic mass is 10.0. The molecular formula is C34H35N3O8. The summed E-state index contributed by atoms with van der Waals surface area (Å²) in [5.41, 5.74) is 3.14. The number of carbonyl (C=O) groups excluding carboxylic acids is 6. The lowest BCUT2D eigenvalue weighted by molar-refractivity contribution is -0.152. The fraction of sp³-hybridized carbons (Fsp3) is 0.294. The minimum Gasteiger partial charge on any atom is -0.454 e. The van der Waals surface area contributed by atoms with E-state index in [1.165, 1.54) is 18.2 Å². The molecule has 4 amide bonds. The summed E-state index contributed by atoms with van der Waals surface area (Å²) in [6, 6.07) is 16.9. The van der Waals surface area contributed by atoms with Crippen LogP contribution in [0.5, 0.6) is 0 Å². The Bertz CT molecular complexity index is 1610. The maximum atomic E-state index is 13.4. The first-order valence-corrected chi connectivity index (χ1v) is 14.7. The summed E-state index contributed by atoms with van der Waals surface area (Å²) >= 11 is 0. The zero-order chi connectivity index (χ0) is 32.7. The van der Waals surface area contributed by atoms with Crippen LogP contribution in [0.4, 0.5) is 11.4 Å². The number of hydrogen-bond donors (Lipinski definition) is 2.